The van der Waals surface area contributed by atoms with Crippen molar-refractivity contribution in [2.45, 2.75) is 19.4 Å². The minimum Gasteiger partial charge on any atom is -0.493 e. The van der Waals surface area contributed by atoms with Crippen LogP contribution < -0.4 is 14.8 Å². The second kappa shape index (κ2) is 8.12. The second-order valence-corrected chi connectivity index (χ2v) is 6.34. The Morgan fingerprint density at radius 3 is 2.45 bits per heavy atom. The van der Waals surface area contributed by atoms with Crippen LogP contribution in [0.5, 0.6) is 11.5 Å². The Morgan fingerprint density at radius 2 is 1.79 bits per heavy atom. The quantitative estimate of drug-likeness (QED) is 0.621. The van der Waals surface area contributed by atoms with Crippen LogP contribution in [-0.2, 0) is 12.5 Å². The predicted octanol–water partition coefficient (Wildman–Crippen LogP) is 3.79. The van der Waals surface area contributed by atoms with Gasteiger partial charge in [-0.25, -0.2) is 14.4 Å². The Bertz CT molecular complexity index is 1040. The van der Waals surface area contributed by atoms with Gasteiger partial charge in [0.15, 0.2) is 11.5 Å². The number of nitrogens with zero attached hydrogens (tertiary/aromatic N) is 2. The molecule has 1 heterocycles. The first-order valence-electron chi connectivity index (χ1n) is 8.71. The largest absolute Gasteiger partial charge is 0.493 e. The third-order valence-electron chi connectivity index (χ3n) is 4.43. The number of aromatic nitrogens is 2. The van der Waals surface area contributed by atoms with Crippen LogP contribution in [-0.4, -0.2) is 35.9 Å². The number of hydrogen-bond acceptors (Lipinski definition) is 6. The molecule has 0 aliphatic carbocycles. The van der Waals surface area contributed by atoms with Crippen molar-refractivity contribution in [2.24, 2.45) is 0 Å². The minimum atomic E-state index is -3.66. The molecular formula is C20H20F3N3O3. The number of rotatable bonds is 7. The topological polar surface area (TPSA) is 76.5 Å². The molecule has 0 fully saturated rings. The van der Waals surface area contributed by atoms with Crippen LogP contribution >= 0.6 is 0 Å². The highest BCUT2D eigenvalue weighted by Gasteiger charge is 2.34. The molecule has 0 atom stereocenters. The molecule has 154 valence electrons. The van der Waals surface area contributed by atoms with E-state index < -0.39 is 23.9 Å². The molecular weight excluding hydrogens is 387 g/mol. The van der Waals surface area contributed by atoms with Gasteiger partial charge in [0.1, 0.15) is 24.1 Å². The van der Waals surface area contributed by atoms with E-state index in [2.05, 4.69) is 15.3 Å². The highest BCUT2D eigenvalue weighted by atomic mass is 19.3. The third-order valence-corrected chi connectivity index (χ3v) is 4.43. The first kappa shape index (κ1) is 20.7. The van der Waals surface area contributed by atoms with E-state index in [-0.39, 0.29) is 12.1 Å². The van der Waals surface area contributed by atoms with Gasteiger partial charge in [0, 0.05) is 23.6 Å². The molecule has 6 nitrogen and oxygen atoms in total. The number of nitrogens with one attached hydrogen (secondary N) is 1. The lowest BCUT2D eigenvalue weighted by atomic mass is 10.0. The van der Waals surface area contributed by atoms with E-state index in [1.165, 1.54) is 26.4 Å². The van der Waals surface area contributed by atoms with Crippen molar-refractivity contribution in [1.82, 2.24) is 9.97 Å². The molecule has 2 N–H and O–H groups in total. The van der Waals surface area contributed by atoms with Gasteiger partial charge >= 0.3 is 0 Å². The van der Waals surface area contributed by atoms with Crippen LogP contribution in [0.25, 0.3) is 10.9 Å². The summed E-state index contributed by atoms with van der Waals surface area (Å²) in [5, 5.41) is 12.4. The van der Waals surface area contributed by atoms with Crippen LogP contribution in [0.1, 0.15) is 17.0 Å². The van der Waals surface area contributed by atoms with Crippen molar-refractivity contribution in [2.75, 3.05) is 26.1 Å². The monoisotopic (exact) mass is 407 g/mol. The molecule has 0 saturated heterocycles. The summed E-state index contributed by atoms with van der Waals surface area (Å²) in [7, 11) is 3.00. The van der Waals surface area contributed by atoms with Crippen molar-refractivity contribution in [3.05, 3.63) is 53.1 Å². The number of hydrogen-bond donors (Lipinski definition) is 2. The van der Waals surface area contributed by atoms with Gasteiger partial charge in [0.05, 0.1) is 25.3 Å². The lowest BCUT2D eigenvalue weighted by molar-refractivity contribution is -0.0583. The molecule has 0 amide bonds. The molecule has 0 aliphatic heterocycles. The zero-order chi connectivity index (χ0) is 21.2. The molecule has 29 heavy (non-hydrogen) atoms. The van der Waals surface area contributed by atoms with Gasteiger partial charge < -0.3 is 19.9 Å². The molecule has 2 aromatic carbocycles. The van der Waals surface area contributed by atoms with Crippen molar-refractivity contribution < 1.29 is 27.8 Å². The Balaban J connectivity index is 1.98. The molecule has 0 spiro atoms. The number of fused-ring (bicyclic) bond motifs is 1. The number of alkyl halides is 2. The summed E-state index contributed by atoms with van der Waals surface area (Å²) in [5.41, 5.74) is -0.256. The van der Waals surface area contributed by atoms with Gasteiger partial charge in [0.25, 0.3) is 5.92 Å². The van der Waals surface area contributed by atoms with Gasteiger partial charge in [-0.1, -0.05) is 12.1 Å². The number of aliphatic hydroxyl groups excluding tert-OH is 1. The zero-order valence-electron chi connectivity index (χ0n) is 16.1. The van der Waals surface area contributed by atoms with Gasteiger partial charge in [-0.05, 0) is 19.1 Å². The predicted molar refractivity (Wildman–Crippen MR) is 102 cm³/mol. The number of anilines is 1. The van der Waals surface area contributed by atoms with Crippen molar-refractivity contribution in [3.8, 4) is 11.5 Å². The Morgan fingerprint density at radius 1 is 1.10 bits per heavy atom. The number of ether oxygens (including phenoxy) is 2. The summed E-state index contributed by atoms with van der Waals surface area (Å²) in [6.07, 6.45) is 0. The first-order valence-corrected chi connectivity index (χ1v) is 8.71. The zero-order valence-corrected chi connectivity index (χ0v) is 16.1. The second-order valence-electron chi connectivity index (χ2n) is 6.34. The van der Waals surface area contributed by atoms with Crippen LogP contribution in [0.4, 0.5) is 19.0 Å². The fourth-order valence-electron chi connectivity index (χ4n) is 2.97. The van der Waals surface area contributed by atoms with E-state index in [0.717, 1.165) is 6.07 Å². The van der Waals surface area contributed by atoms with Gasteiger partial charge in [-0.3, -0.25) is 0 Å². The Labute approximate surface area is 165 Å². The molecule has 0 unspecified atom stereocenters. The lowest BCUT2D eigenvalue weighted by Crippen LogP contribution is -2.21. The number of methoxy groups -OCH3 is 2. The summed E-state index contributed by atoms with van der Waals surface area (Å²) in [5.74, 6) is -2.92. The SMILES string of the molecule is COc1cc2nc(C)nc(NCc3cccc(C(F)(F)CO)c3F)c2cc1OC. The van der Waals surface area contributed by atoms with Gasteiger partial charge in [-0.15, -0.1) is 0 Å². The summed E-state index contributed by atoms with van der Waals surface area (Å²) in [6.45, 7) is 0.129. The highest BCUT2D eigenvalue weighted by molar-refractivity contribution is 5.91. The summed E-state index contributed by atoms with van der Waals surface area (Å²) in [6, 6.07) is 7.03. The number of aryl methyl sites for hydroxylation is 1. The fraction of sp³-hybridized carbons (Fsp3) is 0.300. The maximum Gasteiger partial charge on any atom is 0.298 e. The average molecular weight is 407 g/mol. The molecule has 0 saturated carbocycles. The number of aliphatic hydroxyl groups is 1. The van der Waals surface area contributed by atoms with E-state index in [9.17, 15) is 13.2 Å². The lowest BCUT2D eigenvalue weighted by Gasteiger charge is -2.17. The molecule has 0 radical (unpaired) electrons. The Hall–Kier alpha value is -3.07. The maximum atomic E-state index is 14.6. The van der Waals surface area contributed by atoms with Crippen molar-refractivity contribution in [3.63, 3.8) is 0 Å². The fourth-order valence-corrected chi connectivity index (χ4v) is 2.97. The van der Waals surface area contributed by atoms with E-state index in [1.54, 1.807) is 19.1 Å². The van der Waals surface area contributed by atoms with Gasteiger partial charge in [0.2, 0.25) is 0 Å². The van der Waals surface area contributed by atoms with Crippen LogP contribution in [0.3, 0.4) is 0 Å². The van der Waals surface area contributed by atoms with E-state index in [4.69, 9.17) is 14.6 Å². The molecule has 0 bridgehead atoms. The molecule has 1 aromatic heterocycles. The van der Waals surface area contributed by atoms with Crippen molar-refractivity contribution in [1.29, 1.82) is 0 Å². The number of benzene rings is 2. The molecule has 0 aliphatic rings. The molecule has 3 rings (SSSR count). The third kappa shape index (κ3) is 4.04. The van der Waals surface area contributed by atoms with Crippen LogP contribution in [0, 0.1) is 12.7 Å². The Kier molecular flexibility index (Phi) is 5.78. The van der Waals surface area contributed by atoms with Crippen molar-refractivity contribution >= 4 is 16.7 Å². The van der Waals surface area contributed by atoms with E-state index in [0.29, 0.717) is 34.0 Å². The molecule has 9 heteroatoms. The smallest absolute Gasteiger partial charge is 0.298 e. The minimum absolute atomic E-state index is 0.0144. The first-order chi connectivity index (χ1) is 13.8. The number of halogens is 3. The van der Waals surface area contributed by atoms with E-state index >= 15 is 0 Å². The summed E-state index contributed by atoms with van der Waals surface area (Å²) in [4.78, 5) is 8.70. The average Bonchev–Trinajstić information content (AvgIpc) is 2.71. The summed E-state index contributed by atoms with van der Waals surface area (Å²) >= 11 is 0. The standard InChI is InChI=1S/C20H20F3N3O3/c1-11-25-15-8-17(29-3)16(28-2)7-13(15)19(26-11)24-9-12-5-4-6-14(18(12)21)20(22,23)10-27/h4-8,27H,9-10H2,1-3H3,(H,24,25,26). The molecule has 3 aromatic rings. The highest BCUT2D eigenvalue weighted by Crippen LogP contribution is 2.35. The summed E-state index contributed by atoms with van der Waals surface area (Å²) < 4.78 is 52.6. The van der Waals surface area contributed by atoms with Gasteiger partial charge in [-0.2, -0.15) is 8.78 Å². The maximum absolute atomic E-state index is 14.6. The van der Waals surface area contributed by atoms with Crippen LogP contribution in [0.2, 0.25) is 0 Å². The normalized spacial score (nSPS) is 11.6. The van der Waals surface area contributed by atoms with Crippen LogP contribution in [0.15, 0.2) is 30.3 Å². The van der Waals surface area contributed by atoms with E-state index in [1.807, 2.05) is 0 Å².